The molecule has 0 aliphatic carbocycles. The summed E-state index contributed by atoms with van der Waals surface area (Å²) in [4.78, 5) is 0.132. The zero-order valence-electron chi connectivity index (χ0n) is 9.40. The zero-order chi connectivity index (χ0) is 12.9. The maximum atomic E-state index is 11.9. The molecule has 17 heavy (non-hydrogen) atoms. The molecule has 0 spiro atoms. The molecule has 1 aromatic carbocycles. The van der Waals surface area contributed by atoms with Gasteiger partial charge in [0.25, 0.3) is 0 Å². The van der Waals surface area contributed by atoms with Crippen LogP contribution in [0.3, 0.4) is 0 Å². The Balaban J connectivity index is 2.80. The SMILES string of the molecule is CCCCS(=O)(=O)c1ccc(OC(F)F)cc1. The van der Waals surface area contributed by atoms with E-state index in [1.807, 2.05) is 6.92 Å². The third-order valence-electron chi connectivity index (χ3n) is 2.17. The summed E-state index contributed by atoms with van der Waals surface area (Å²) in [7, 11) is -3.31. The fraction of sp³-hybridized carbons (Fsp3) is 0.455. The maximum Gasteiger partial charge on any atom is 0.387 e. The van der Waals surface area contributed by atoms with E-state index in [0.29, 0.717) is 6.42 Å². The smallest absolute Gasteiger partial charge is 0.387 e. The molecular weight excluding hydrogens is 250 g/mol. The van der Waals surface area contributed by atoms with E-state index >= 15 is 0 Å². The van der Waals surface area contributed by atoms with Gasteiger partial charge in [-0.25, -0.2) is 8.42 Å². The summed E-state index contributed by atoms with van der Waals surface area (Å²) in [6.07, 6.45) is 1.36. The van der Waals surface area contributed by atoms with Crippen molar-refractivity contribution >= 4 is 9.84 Å². The van der Waals surface area contributed by atoms with Crippen molar-refractivity contribution in [3.8, 4) is 5.75 Å². The highest BCUT2D eigenvalue weighted by molar-refractivity contribution is 7.91. The fourth-order valence-corrected chi connectivity index (χ4v) is 2.74. The van der Waals surface area contributed by atoms with Gasteiger partial charge in [-0.1, -0.05) is 13.3 Å². The topological polar surface area (TPSA) is 43.4 Å². The van der Waals surface area contributed by atoms with Crippen LogP contribution in [0.15, 0.2) is 29.2 Å². The van der Waals surface area contributed by atoms with Crippen LogP contribution in [-0.2, 0) is 9.84 Å². The average Bonchev–Trinajstić information content (AvgIpc) is 2.26. The van der Waals surface area contributed by atoms with Gasteiger partial charge in [0.2, 0.25) is 0 Å². The van der Waals surface area contributed by atoms with E-state index in [-0.39, 0.29) is 16.4 Å². The first-order chi connectivity index (χ1) is 7.95. The molecule has 0 radical (unpaired) electrons. The number of benzene rings is 1. The Morgan fingerprint density at radius 1 is 1.24 bits per heavy atom. The molecule has 0 N–H and O–H groups in total. The van der Waals surface area contributed by atoms with Crippen molar-refractivity contribution in [3.05, 3.63) is 24.3 Å². The van der Waals surface area contributed by atoms with Gasteiger partial charge in [-0.05, 0) is 30.7 Å². The van der Waals surface area contributed by atoms with Gasteiger partial charge in [0.1, 0.15) is 5.75 Å². The zero-order valence-corrected chi connectivity index (χ0v) is 10.2. The molecule has 1 rings (SSSR count). The first-order valence-electron chi connectivity index (χ1n) is 5.23. The summed E-state index contributed by atoms with van der Waals surface area (Å²) in [6, 6.07) is 5.02. The Hall–Kier alpha value is -1.17. The fourth-order valence-electron chi connectivity index (χ4n) is 1.28. The van der Waals surface area contributed by atoms with Gasteiger partial charge in [0, 0.05) is 0 Å². The molecule has 0 atom stereocenters. The van der Waals surface area contributed by atoms with Crippen molar-refractivity contribution in [2.45, 2.75) is 31.3 Å². The van der Waals surface area contributed by atoms with Crippen molar-refractivity contribution in [2.75, 3.05) is 5.75 Å². The minimum Gasteiger partial charge on any atom is -0.435 e. The van der Waals surface area contributed by atoms with Crippen LogP contribution in [-0.4, -0.2) is 20.8 Å². The highest BCUT2D eigenvalue weighted by Crippen LogP contribution is 2.19. The van der Waals surface area contributed by atoms with Crippen molar-refractivity contribution in [1.29, 1.82) is 0 Å². The molecule has 0 heterocycles. The molecule has 1 aromatic rings. The quantitative estimate of drug-likeness (QED) is 0.793. The summed E-state index contributed by atoms with van der Waals surface area (Å²) in [5, 5.41) is 0. The van der Waals surface area contributed by atoms with E-state index in [2.05, 4.69) is 4.74 Å². The second kappa shape index (κ2) is 5.95. The Bertz CT molecular complexity index is 440. The second-order valence-corrected chi connectivity index (χ2v) is 5.63. The number of alkyl halides is 2. The van der Waals surface area contributed by atoms with E-state index in [4.69, 9.17) is 0 Å². The van der Waals surface area contributed by atoms with Gasteiger partial charge in [-0.15, -0.1) is 0 Å². The van der Waals surface area contributed by atoms with Crippen LogP contribution in [0, 0.1) is 0 Å². The average molecular weight is 264 g/mol. The molecule has 0 saturated carbocycles. The van der Waals surface area contributed by atoms with Gasteiger partial charge in [0.15, 0.2) is 9.84 Å². The molecule has 3 nitrogen and oxygen atoms in total. The van der Waals surface area contributed by atoms with Gasteiger partial charge in [-0.2, -0.15) is 8.78 Å². The molecule has 0 aromatic heterocycles. The molecule has 96 valence electrons. The third-order valence-corrected chi connectivity index (χ3v) is 3.99. The van der Waals surface area contributed by atoms with Crippen LogP contribution in [0.1, 0.15) is 19.8 Å². The van der Waals surface area contributed by atoms with Crippen LogP contribution < -0.4 is 4.74 Å². The number of hydrogen-bond donors (Lipinski definition) is 0. The predicted molar refractivity (Wildman–Crippen MR) is 60.0 cm³/mol. The summed E-state index contributed by atoms with van der Waals surface area (Å²) in [5.41, 5.74) is 0. The third kappa shape index (κ3) is 4.30. The van der Waals surface area contributed by atoms with Gasteiger partial charge < -0.3 is 4.74 Å². The minimum absolute atomic E-state index is 0.0468. The number of sulfone groups is 1. The van der Waals surface area contributed by atoms with Crippen LogP contribution in [0.5, 0.6) is 5.75 Å². The minimum atomic E-state index is -3.31. The Labute approximate surface area is 99.3 Å². The lowest BCUT2D eigenvalue weighted by Gasteiger charge is -2.06. The van der Waals surface area contributed by atoms with Crippen LogP contribution in [0.25, 0.3) is 0 Å². The van der Waals surface area contributed by atoms with Gasteiger partial charge >= 0.3 is 6.61 Å². The monoisotopic (exact) mass is 264 g/mol. The number of rotatable bonds is 6. The van der Waals surface area contributed by atoms with Crippen molar-refractivity contribution < 1.29 is 21.9 Å². The highest BCUT2D eigenvalue weighted by atomic mass is 32.2. The first kappa shape index (κ1) is 13.9. The lowest BCUT2D eigenvalue weighted by Crippen LogP contribution is -2.07. The van der Waals surface area contributed by atoms with Crippen LogP contribution >= 0.6 is 0 Å². The number of hydrogen-bond acceptors (Lipinski definition) is 3. The highest BCUT2D eigenvalue weighted by Gasteiger charge is 2.14. The van der Waals surface area contributed by atoms with Gasteiger partial charge in [0.05, 0.1) is 10.6 Å². The van der Waals surface area contributed by atoms with Crippen molar-refractivity contribution in [2.24, 2.45) is 0 Å². The van der Waals surface area contributed by atoms with Crippen molar-refractivity contribution in [3.63, 3.8) is 0 Å². The molecular formula is C11H14F2O3S. The van der Waals surface area contributed by atoms with E-state index in [1.54, 1.807) is 0 Å². The van der Waals surface area contributed by atoms with E-state index in [9.17, 15) is 17.2 Å². The summed E-state index contributed by atoms with van der Waals surface area (Å²) < 4.78 is 51.4. The lowest BCUT2D eigenvalue weighted by atomic mass is 10.3. The molecule has 0 saturated heterocycles. The molecule has 0 bridgehead atoms. The summed E-state index contributed by atoms with van der Waals surface area (Å²) in [6.45, 7) is -1.01. The summed E-state index contributed by atoms with van der Waals surface area (Å²) in [5.74, 6) is 0.0212. The number of unbranched alkanes of at least 4 members (excludes halogenated alkanes) is 1. The van der Waals surface area contributed by atoms with E-state index < -0.39 is 16.4 Å². The molecule has 0 amide bonds. The first-order valence-corrected chi connectivity index (χ1v) is 6.88. The number of ether oxygens (including phenoxy) is 1. The standard InChI is InChI=1S/C11H14F2O3S/c1-2-3-8-17(14,15)10-6-4-9(5-7-10)16-11(12)13/h4-7,11H,2-3,8H2,1H3. The molecule has 0 unspecified atom stereocenters. The Morgan fingerprint density at radius 2 is 1.82 bits per heavy atom. The largest absolute Gasteiger partial charge is 0.435 e. The maximum absolute atomic E-state index is 11.9. The Kier molecular flexibility index (Phi) is 4.86. The summed E-state index contributed by atoms with van der Waals surface area (Å²) >= 11 is 0. The van der Waals surface area contributed by atoms with Crippen LogP contribution in [0.2, 0.25) is 0 Å². The molecule has 6 heteroatoms. The lowest BCUT2D eigenvalue weighted by molar-refractivity contribution is -0.0498. The predicted octanol–water partition coefficient (Wildman–Crippen LogP) is 2.86. The normalized spacial score (nSPS) is 11.8. The Morgan fingerprint density at radius 3 is 2.29 bits per heavy atom. The molecule has 0 fully saturated rings. The van der Waals surface area contributed by atoms with E-state index in [1.165, 1.54) is 24.3 Å². The second-order valence-electron chi connectivity index (χ2n) is 3.52. The molecule has 0 aliphatic heterocycles. The molecule has 0 aliphatic rings. The number of halogens is 2. The van der Waals surface area contributed by atoms with Crippen molar-refractivity contribution in [1.82, 2.24) is 0 Å². The van der Waals surface area contributed by atoms with E-state index in [0.717, 1.165) is 6.42 Å². The van der Waals surface area contributed by atoms with Crippen LogP contribution in [0.4, 0.5) is 8.78 Å². The van der Waals surface area contributed by atoms with Gasteiger partial charge in [-0.3, -0.25) is 0 Å².